The van der Waals surface area contributed by atoms with E-state index >= 15 is 0 Å². The van der Waals surface area contributed by atoms with Crippen LogP contribution in [0.15, 0.2) is 18.2 Å². The van der Waals surface area contributed by atoms with Crippen molar-refractivity contribution in [3.63, 3.8) is 0 Å². The fourth-order valence-electron chi connectivity index (χ4n) is 2.02. The molecule has 2 amide bonds. The zero-order chi connectivity index (χ0) is 13.3. The van der Waals surface area contributed by atoms with Gasteiger partial charge in [-0.1, -0.05) is 36.2 Å². The predicted molar refractivity (Wildman–Crippen MR) is 70.4 cm³/mol. The Bertz CT molecular complexity index is 484. The molecule has 0 radical (unpaired) electrons. The second kappa shape index (κ2) is 5.29. The van der Waals surface area contributed by atoms with Crippen LogP contribution in [0.5, 0.6) is 0 Å². The third-order valence-corrected chi connectivity index (χ3v) is 3.71. The Hall–Kier alpha value is -1.06. The van der Waals surface area contributed by atoms with Crippen LogP contribution < -0.4 is 0 Å². The molecule has 3 nitrogen and oxygen atoms in total. The highest BCUT2D eigenvalue weighted by Crippen LogP contribution is 2.25. The lowest BCUT2D eigenvalue weighted by atomic mass is 9.97. The summed E-state index contributed by atoms with van der Waals surface area (Å²) in [7, 11) is 0. The number of carbonyl (C=O) groups excluding carboxylic acids is 2. The number of benzene rings is 1. The van der Waals surface area contributed by atoms with Crippen LogP contribution in [-0.2, 0) is 16.1 Å². The zero-order valence-corrected chi connectivity index (χ0v) is 11.5. The van der Waals surface area contributed by atoms with Crippen molar-refractivity contribution in [2.24, 2.45) is 5.92 Å². The number of halogens is 2. The summed E-state index contributed by atoms with van der Waals surface area (Å²) in [6.07, 6.45) is 0.847. The van der Waals surface area contributed by atoms with Crippen LogP contribution in [0, 0.1) is 5.92 Å². The first-order chi connectivity index (χ1) is 8.47. The highest BCUT2D eigenvalue weighted by atomic mass is 35.5. The Morgan fingerprint density at radius 1 is 1.17 bits per heavy atom. The van der Waals surface area contributed by atoms with Crippen LogP contribution in [0.3, 0.4) is 0 Å². The highest BCUT2D eigenvalue weighted by molar-refractivity contribution is 6.42. The van der Waals surface area contributed by atoms with Crippen LogP contribution in [0.2, 0.25) is 10.0 Å². The van der Waals surface area contributed by atoms with Gasteiger partial charge < -0.3 is 0 Å². The molecule has 1 aliphatic rings. The molecule has 0 aliphatic carbocycles. The molecule has 2 rings (SSSR count). The minimum absolute atomic E-state index is 0.121. The van der Waals surface area contributed by atoms with Crippen LogP contribution in [0.1, 0.15) is 25.3 Å². The van der Waals surface area contributed by atoms with Gasteiger partial charge in [0.25, 0.3) is 0 Å². The molecule has 1 saturated heterocycles. The molecule has 5 heteroatoms. The SMILES string of the molecule is CC1CC(=O)N(Cc2ccc(Cl)c(Cl)c2)C(=O)C1. The number of hydrogen-bond acceptors (Lipinski definition) is 2. The summed E-state index contributed by atoms with van der Waals surface area (Å²) in [5.41, 5.74) is 0.806. The largest absolute Gasteiger partial charge is 0.278 e. The Morgan fingerprint density at radius 3 is 2.33 bits per heavy atom. The summed E-state index contributed by atoms with van der Waals surface area (Å²) in [6, 6.07) is 5.12. The van der Waals surface area contributed by atoms with E-state index in [0.717, 1.165) is 5.56 Å². The Balaban J connectivity index is 2.15. The lowest BCUT2D eigenvalue weighted by molar-refractivity contribution is -0.150. The smallest absolute Gasteiger partial charge is 0.229 e. The molecule has 1 heterocycles. The van der Waals surface area contributed by atoms with Gasteiger partial charge in [-0.15, -0.1) is 0 Å². The van der Waals surface area contributed by atoms with Crippen molar-refractivity contribution in [1.82, 2.24) is 4.90 Å². The van der Waals surface area contributed by atoms with Crippen LogP contribution in [0.4, 0.5) is 0 Å². The molecule has 1 fully saturated rings. The molecule has 0 atom stereocenters. The second-order valence-electron chi connectivity index (χ2n) is 4.64. The maximum atomic E-state index is 11.8. The maximum Gasteiger partial charge on any atom is 0.229 e. The van der Waals surface area contributed by atoms with Gasteiger partial charge in [-0.2, -0.15) is 0 Å². The molecule has 0 N–H and O–H groups in total. The molecule has 0 aromatic heterocycles. The minimum Gasteiger partial charge on any atom is -0.278 e. The van der Waals surface area contributed by atoms with Crippen molar-refractivity contribution in [3.8, 4) is 0 Å². The van der Waals surface area contributed by atoms with Crippen molar-refractivity contribution < 1.29 is 9.59 Å². The van der Waals surface area contributed by atoms with Gasteiger partial charge in [0, 0.05) is 12.8 Å². The average Bonchev–Trinajstić information content (AvgIpc) is 2.28. The third kappa shape index (κ3) is 2.85. The van der Waals surface area contributed by atoms with Gasteiger partial charge in [0.2, 0.25) is 11.8 Å². The van der Waals surface area contributed by atoms with Gasteiger partial charge in [0.05, 0.1) is 16.6 Å². The van der Waals surface area contributed by atoms with Crippen LogP contribution >= 0.6 is 23.2 Å². The normalized spacial score (nSPS) is 17.4. The molecule has 0 unspecified atom stereocenters. The molecular weight excluding hydrogens is 273 g/mol. The predicted octanol–water partition coefficient (Wildman–Crippen LogP) is 3.28. The molecule has 1 aliphatic heterocycles. The molecule has 1 aromatic rings. The lowest BCUT2D eigenvalue weighted by Gasteiger charge is -2.28. The summed E-state index contributed by atoms with van der Waals surface area (Å²) in [4.78, 5) is 24.9. The topological polar surface area (TPSA) is 37.4 Å². The fraction of sp³-hybridized carbons (Fsp3) is 0.385. The molecular formula is C13H13Cl2NO2. The van der Waals surface area contributed by atoms with Crippen molar-refractivity contribution in [2.45, 2.75) is 26.3 Å². The zero-order valence-electron chi connectivity index (χ0n) is 9.95. The first kappa shape index (κ1) is 13.4. The number of carbonyl (C=O) groups is 2. The molecule has 96 valence electrons. The van der Waals surface area contributed by atoms with E-state index in [1.54, 1.807) is 18.2 Å². The fourth-order valence-corrected chi connectivity index (χ4v) is 2.35. The van der Waals surface area contributed by atoms with Gasteiger partial charge in [-0.3, -0.25) is 14.5 Å². The quantitative estimate of drug-likeness (QED) is 0.782. The summed E-state index contributed by atoms with van der Waals surface area (Å²) in [5.74, 6) is -0.107. The number of amides is 2. The van der Waals surface area contributed by atoms with E-state index in [2.05, 4.69) is 0 Å². The molecule has 0 bridgehead atoms. The second-order valence-corrected chi connectivity index (χ2v) is 5.45. The molecule has 0 saturated carbocycles. The third-order valence-electron chi connectivity index (χ3n) is 2.97. The first-order valence-electron chi connectivity index (χ1n) is 5.74. The number of nitrogens with zero attached hydrogens (tertiary/aromatic N) is 1. The van der Waals surface area contributed by atoms with Crippen molar-refractivity contribution in [1.29, 1.82) is 0 Å². The summed E-state index contributed by atoms with van der Waals surface area (Å²) in [6.45, 7) is 2.17. The standard InChI is InChI=1S/C13H13Cl2NO2/c1-8-4-12(17)16(13(18)5-8)7-9-2-3-10(14)11(15)6-9/h2-3,6,8H,4-5,7H2,1H3. The van der Waals surface area contributed by atoms with Gasteiger partial charge in [0.1, 0.15) is 0 Å². The number of hydrogen-bond donors (Lipinski definition) is 0. The van der Waals surface area contributed by atoms with E-state index in [1.165, 1.54) is 4.90 Å². The van der Waals surface area contributed by atoms with E-state index in [9.17, 15) is 9.59 Å². The Kier molecular flexibility index (Phi) is 3.93. The Labute approximate surface area is 116 Å². The summed E-state index contributed by atoms with van der Waals surface area (Å²) >= 11 is 11.7. The number of piperidine rings is 1. The van der Waals surface area contributed by atoms with Gasteiger partial charge in [0.15, 0.2) is 0 Å². The summed E-state index contributed by atoms with van der Waals surface area (Å²) in [5, 5.41) is 0.893. The van der Waals surface area contributed by atoms with Crippen molar-refractivity contribution >= 4 is 35.0 Å². The molecule has 0 spiro atoms. The number of imide groups is 1. The number of rotatable bonds is 2. The first-order valence-corrected chi connectivity index (χ1v) is 6.50. The van der Waals surface area contributed by atoms with E-state index in [0.29, 0.717) is 22.9 Å². The lowest BCUT2D eigenvalue weighted by Crippen LogP contribution is -2.42. The average molecular weight is 286 g/mol. The minimum atomic E-state index is -0.121. The molecule has 1 aromatic carbocycles. The van der Waals surface area contributed by atoms with Gasteiger partial charge >= 0.3 is 0 Å². The van der Waals surface area contributed by atoms with E-state index in [-0.39, 0.29) is 24.3 Å². The van der Waals surface area contributed by atoms with Gasteiger partial charge in [-0.25, -0.2) is 0 Å². The van der Waals surface area contributed by atoms with E-state index < -0.39 is 0 Å². The van der Waals surface area contributed by atoms with Crippen molar-refractivity contribution in [3.05, 3.63) is 33.8 Å². The van der Waals surface area contributed by atoms with E-state index in [4.69, 9.17) is 23.2 Å². The Morgan fingerprint density at radius 2 is 1.78 bits per heavy atom. The summed E-state index contributed by atoms with van der Waals surface area (Å²) < 4.78 is 0. The van der Waals surface area contributed by atoms with Crippen LogP contribution in [0.25, 0.3) is 0 Å². The highest BCUT2D eigenvalue weighted by Gasteiger charge is 2.30. The van der Waals surface area contributed by atoms with Gasteiger partial charge in [-0.05, 0) is 23.6 Å². The number of likely N-dealkylation sites (tertiary alicyclic amines) is 1. The van der Waals surface area contributed by atoms with Crippen LogP contribution in [-0.4, -0.2) is 16.7 Å². The maximum absolute atomic E-state index is 11.8. The monoisotopic (exact) mass is 285 g/mol. The molecule has 18 heavy (non-hydrogen) atoms. The van der Waals surface area contributed by atoms with Crippen molar-refractivity contribution in [2.75, 3.05) is 0 Å². The van der Waals surface area contributed by atoms with E-state index in [1.807, 2.05) is 6.92 Å².